The first-order valence-corrected chi connectivity index (χ1v) is 9.24. The van der Waals surface area contributed by atoms with Crippen LogP contribution >= 0.6 is 28.1 Å². The van der Waals surface area contributed by atoms with Crippen molar-refractivity contribution in [2.75, 3.05) is 26.8 Å². The fourth-order valence-electron chi connectivity index (χ4n) is 2.70. The topological polar surface area (TPSA) is 73.3 Å². The number of H-pyrrole nitrogens is 1. The molecule has 1 aromatic heterocycles. The van der Waals surface area contributed by atoms with Gasteiger partial charge in [0.05, 0.1) is 37.9 Å². The molecule has 2 N–H and O–H groups in total. The maximum absolute atomic E-state index is 5.43. The van der Waals surface area contributed by atoms with E-state index in [2.05, 4.69) is 31.6 Å². The molecule has 0 aliphatic rings. The summed E-state index contributed by atoms with van der Waals surface area (Å²) in [4.78, 5) is 0. The summed E-state index contributed by atoms with van der Waals surface area (Å²) < 4.78 is 19.2. The van der Waals surface area contributed by atoms with Crippen molar-refractivity contribution in [2.24, 2.45) is 0 Å². The van der Waals surface area contributed by atoms with E-state index in [1.54, 1.807) is 26.0 Å². The fraction of sp³-hybridized carbons (Fsp3) is 0.222. The van der Waals surface area contributed by atoms with Gasteiger partial charge in [-0.2, -0.15) is 5.10 Å². The largest absolute Gasteiger partial charge is 0.496 e. The highest BCUT2D eigenvalue weighted by Gasteiger charge is 2.14. The van der Waals surface area contributed by atoms with Gasteiger partial charge in [-0.1, -0.05) is 12.1 Å². The molecule has 27 heavy (non-hydrogen) atoms. The number of nitrogens with one attached hydrogen (secondary N) is 2. The quantitative estimate of drug-likeness (QED) is 0.526. The summed E-state index contributed by atoms with van der Waals surface area (Å²) in [6.45, 7) is 0.495. The number of benzene rings is 2. The highest BCUT2D eigenvalue weighted by molar-refractivity contribution is 9.10. The number of halogens is 1. The molecule has 0 unspecified atom stereocenters. The number of hydrogen-bond donors (Lipinski definition) is 2. The van der Waals surface area contributed by atoms with Gasteiger partial charge in [0.1, 0.15) is 5.75 Å². The van der Waals surface area contributed by atoms with Gasteiger partial charge < -0.3 is 19.6 Å². The second kappa shape index (κ2) is 8.45. The molecule has 0 amide bonds. The summed E-state index contributed by atoms with van der Waals surface area (Å²) in [5, 5.41) is 7.15. The predicted molar refractivity (Wildman–Crippen MR) is 110 cm³/mol. The first-order chi connectivity index (χ1) is 13.1. The molecular formula is C18H19BrN4O3S. The third-order valence-electron chi connectivity index (χ3n) is 3.95. The lowest BCUT2D eigenvalue weighted by atomic mass is 10.2. The van der Waals surface area contributed by atoms with Crippen LogP contribution in [0.3, 0.4) is 0 Å². The number of para-hydroxylation sites is 1. The molecule has 0 atom stereocenters. The molecule has 7 nitrogen and oxygen atoms in total. The molecule has 0 saturated heterocycles. The van der Waals surface area contributed by atoms with E-state index in [4.69, 9.17) is 26.4 Å². The van der Waals surface area contributed by atoms with E-state index in [9.17, 15) is 0 Å². The van der Waals surface area contributed by atoms with Gasteiger partial charge >= 0.3 is 0 Å². The van der Waals surface area contributed by atoms with Crippen LogP contribution < -0.4 is 19.6 Å². The number of aromatic amines is 1. The molecule has 9 heteroatoms. The van der Waals surface area contributed by atoms with Crippen LogP contribution in [0.15, 0.2) is 40.9 Å². The zero-order valence-corrected chi connectivity index (χ0v) is 17.5. The Morgan fingerprint density at radius 3 is 2.56 bits per heavy atom. The third kappa shape index (κ3) is 3.93. The number of nitrogens with zero attached hydrogens (tertiary/aromatic N) is 2. The normalized spacial score (nSPS) is 10.5. The van der Waals surface area contributed by atoms with Crippen molar-refractivity contribution in [2.45, 2.75) is 6.54 Å². The summed E-state index contributed by atoms with van der Waals surface area (Å²) in [5.74, 6) is 2.64. The van der Waals surface area contributed by atoms with Crippen molar-refractivity contribution >= 4 is 28.1 Å². The zero-order valence-electron chi connectivity index (χ0n) is 15.1. The predicted octanol–water partition coefficient (Wildman–Crippen LogP) is 4.14. The Hall–Kier alpha value is -2.52. The maximum Gasteiger partial charge on any atom is 0.214 e. The first-order valence-electron chi connectivity index (χ1n) is 8.04. The Labute approximate surface area is 170 Å². The molecule has 1 heterocycles. The summed E-state index contributed by atoms with van der Waals surface area (Å²) in [5.41, 5.74) is 5.10. The third-order valence-corrected chi connectivity index (χ3v) is 4.82. The monoisotopic (exact) mass is 450 g/mol. The van der Waals surface area contributed by atoms with E-state index in [1.165, 1.54) is 0 Å². The minimum atomic E-state index is 0.454. The van der Waals surface area contributed by atoms with E-state index in [-0.39, 0.29) is 0 Å². The van der Waals surface area contributed by atoms with Crippen LogP contribution in [-0.4, -0.2) is 36.2 Å². The second-order valence-electron chi connectivity index (χ2n) is 5.54. The lowest BCUT2D eigenvalue weighted by Gasteiger charge is -2.14. The molecule has 2 aromatic carbocycles. The van der Waals surface area contributed by atoms with Crippen LogP contribution in [0.1, 0.15) is 5.56 Å². The van der Waals surface area contributed by atoms with Gasteiger partial charge in [0, 0.05) is 0 Å². The molecular weight excluding hydrogens is 432 g/mol. The first kappa shape index (κ1) is 19.2. The minimum absolute atomic E-state index is 0.454. The van der Waals surface area contributed by atoms with Crippen LogP contribution in [0.5, 0.6) is 17.2 Å². The van der Waals surface area contributed by atoms with Crippen LogP contribution in [0.25, 0.3) is 11.4 Å². The standard InChI is InChI=1S/C18H19BrN4O3S/c1-24-14-7-5-4-6-12(14)17-21-22-18(27)23(17)20-10-11-8-13(19)16(26-3)15(9-11)25-2/h4-9,20H,10H2,1-3H3,(H,22,27). The highest BCUT2D eigenvalue weighted by Crippen LogP contribution is 2.36. The van der Waals surface area contributed by atoms with Crippen molar-refractivity contribution in [3.63, 3.8) is 0 Å². The summed E-state index contributed by atoms with van der Waals surface area (Å²) in [6, 6.07) is 11.5. The number of hydrogen-bond acceptors (Lipinski definition) is 6. The van der Waals surface area contributed by atoms with Crippen molar-refractivity contribution in [1.29, 1.82) is 0 Å². The Morgan fingerprint density at radius 1 is 1.11 bits per heavy atom. The maximum atomic E-state index is 5.43. The summed E-state index contributed by atoms with van der Waals surface area (Å²) >= 11 is 8.88. The van der Waals surface area contributed by atoms with E-state index in [0.29, 0.717) is 34.4 Å². The number of aromatic nitrogens is 3. The average molecular weight is 451 g/mol. The highest BCUT2D eigenvalue weighted by atomic mass is 79.9. The van der Waals surface area contributed by atoms with E-state index in [0.717, 1.165) is 15.6 Å². The molecule has 0 radical (unpaired) electrons. The molecule has 0 bridgehead atoms. The molecule has 142 valence electrons. The van der Waals surface area contributed by atoms with Crippen molar-refractivity contribution < 1.29 is 14.2 Å². The Balaban J connectivity index is 1.91. The Kier molecular flexibility index (Phi) is 6.02. The van der Waals surface area contributed by atoms with Gasteiger partial charge in [-0.25, -0.2) is 9.77 Å². The van der Waals surface area contributed by atoms with Gasteiger partial charge in [-0.05, 0) is 58.0 Å². The van der Waals surface area contributed by atoms with Crippen LogP contribution in [0, 0.1) is 4.77 Å². The van der Waals surface area contributed by atoms with Crippen LogP contribution in [0.4, 0.5) is 0 Å². The molecule has 0 aliphatic heterocycles. The summed E-state index contributed by atoms with van der Waals surface area (Å²) in [6.07, 6.45) is 0. The molecule has 0 aliphatic carbocycles. The van der Waals surface area contributed by atoms with Crippen molar-refractivity contribution in [1.82, 2.24) is 14.9 Å². The lowest BCUT2D eigenvalue weighted by molar-refractivity contribution is 0.352. The number of rotatable bonds is 7. The number of methoxy groups -OCH3 is 3. The van der Waals surface area contributed by atoms with Gasteiger partial charge in [-0.3, -0.25) is 0 Å². The van der Waals surface area contributed by atoms with E-state index >= 15 is 0 Å². The van der Waals surface area contributed by atoms with E-state index < -0.39 is 0 Å². The van der Waals surface area contributed by atoms with Gasteiger partial charge in [-0.15, -0.1) is 0 Å². The smallest absolute Gasteiger partial charge is 0.214 e. The zero-order chi connectivity index (χ0) is 19.4. The molecule has 0 spiro atoms. The van der Waals surface area contributed by atoms with Crippen molar-refractivity contribution in [3.8, 4) is 28.6 Å². The molecule has 3 rings (SSSR count). The van der Waals surface area contributed by atoms with Gasteiger partial charge in [0.2, 0.25) is 4.77 Å². The summed E-state index contributed by atoms with van der Waals surface area (Å²) in [7, 11) is 4.83. The van der Waals surface area contributed by atoms with Crippen LogP contribution in [0.2, 0.25) is 0 Å². The number of ether oxygens (including phenoxy) is 3. The Bertz CT molecular complexity index is 1000. The molecule has 3 aromatic rings. The SMILES string of the molecule is COc1ccccc1-c1n[nH]c(=S)n1NCc1cc(Br)c(OC)c(OC)c1. The molecule has 0 fully saturated rings. The second-order valence-corrected chi connectivity index (χ2v) is 6.78. The average Bonchev–Trinajstić information content (AvgIpc) is 3.06. The lowest BCUT2D eigenvalue weighted by Crippen LogP contribution is -2.16. The molecule has 0 saturated carbocycles. The minimum Gasteiger partial charge on any atom is -0.496 e. The van der Waals surface area contributed by atoms with Crippen molar-refractivity contribution in [3.05, 3.63) is 51.2 Å². The van der Waals surface area contributed by atoms with Crippen LogP contribution in [-0.2, 0) is 6.54 Å². The Morgan fingerprint density at radius 2 is 1.85 bits per heavy atom. The van der Waals surface area contributed by atoms with E-state index in [1.807, 2.05) is 36.4 Å². The van der Waals surface area contributed by atoms with Gasteiger partial charge in [0.25, 0.3) is 0 Å². The van der Waals surface area contributed by atoms with Gasteiger partial charge in [0.15, 0.2) is 17.3 Å². The fourth-order valence-corrected chi connectivity index (χ4v) is 3.55.